The van der Waals surface area contributed by atoms with E-state index in [1.807, 2.05) is 12.1 Å². The lowest BCUT2D eigenvalue weighted by Crippen LogP contribution is -2.38. The lowest BCUT2D eigenvalue weighted by Gasteiger charge is -2.25. The van der Waals surface area contributed by atoms with E-state index in [1.165, 1.54) is 5.56 Å². The SMILES string of the molecule is COc1ccc(CNC(C)(C)CCBr)cc1. The third-order valence-corrected chi connectivity index (χ3v) is 3.05. The monoisotopic (exact) mass is 285 g/mol. The molecule has 2 nitrogen and oxygen atoms in total. The summed E-state index contributed by atoms with van der Waals surface area (Å²) in [5.74, 6) is 0.906. The van der Waals surface area contributed by atoms with Crippen LogP contribution in [0.25, 0.3) is 0 Å². The van der Waals surface area contributed by atoms with Gasteiger partial charge in [0.05, 0.1) is 7.11 Å². The largest absolute Gasteiger partial charge is 0.497 e. The van der Waals surface area contributed by atoms with E-state index in [9.17, 15) is 0 Å². The Morgan fingerprint density at radius 1 is 1.25 bits per heavy atom. The zero-order valence-corrected chi connectivity index (χ0v) is 11.8. The smallest absolute Gasteiger partial charge is 0.118 e. The van der Waals surface area contributed by atoms with E-state index >= 15 is 0 Å². The summed E-state index contributed by atoms with van der Waals surface area (Å²) in [6, 6.07) is 8.18. The second-order valence-electron chi connectivity index (χ2n) is 4.52. The van der Waals surface area contributed by atoms with E-state index in [0.29, 0.717) is 0 Å². The quantitative estimate of drug-likeness (QED) is 0.810. The third-order valence-electron chi connectivity index (χ3n) is 2.65. The summed E-state index contributed by atoms with van der Waals surface area (Å²) >= 11 is 3.47. The second kappa shape index (κ2) is 6.26. The van der Waals surface area contributed by atoms with Gasteiger partial charge in [0.15, 0.2) is 0 Å². The molecule has 0 atom stereocenters. The summed E-state index contributed by atoms with van der Waals surface area (Å²) < 4.78 is 5.13. The molecule has 1 aromatic rings. The molecule has 1 rings (SSSR count). The van der Waals surface area contributed by atoms with Gasteiger partial charge in [0.25, 0.3) is 0 Å². The van der Waals surface area contributed by atoms with Gasteiger partial charge in [-0.3, -0.25) is 0 Å². The van der Waals surface area contributed by atoms with Crippen molar-refractivity contribution in [3.8, 4) is 5.75 Å². The summed E-state index contributed by atoms with van der Waals surface area (Å²) in [5.41, 5.74) is 1.45. The second-order valence-corrected chi connectivity index (χ2v) is 5.32. The average molecular weight is 286 g/mol. The van der Waals surface area contributed by atoms with Gasteiger partial charge in [0.1, 0.15) is 5.75 Å². The van der Waals surface area contributed by atoms with E-state index in [-0.39, 0.29) is 5.54 Å². The first-order valence-corrected chi connectivity index (χ1v) is 6.63. The number of hydrogen-bond donors (Lipinski definition) is 1. The number of nitrogens with one attached hydrogen (secondary N) is 1. The minimum Gasteiger partial charge on any atom is -0.497 e. The molecule has 0 fully saturated rings. The van der Waals surface area contributed by atoms with Crippen LogP contribution in [0.3, 0.4) is 0 Å². The lowest BCUT2D eigenvalue weighted by atomic mass is 10.0. The van der Waals surface area contributed by atoms with Gasteiger partial charge in [0, 0.05) is 17.4 Å². The van der Waals surface area contributed by atoms with Crippen molar-refractivity contribution in [2.75, 3.05) is 12.4 Å². The molecule has 0 spiro atoms. The Balaban J connectivity index is 2.48. The molecule has 0 aliphatic carbocycles. The summed E-state index contributed by atoms with van der Waals surface area (Å²) in [5, 5.41) is 4.57. The van der Waals surface area contributed by atoms with Crippen LogP contribution in [0.5, 0.6) is 5.75 Å². The third kappa shape index (κ3) is 4.54. The Labute approximate surface area is 107 Å². The van der Waals surface area contributed by atoms with Crippen molar-refractivity contribution < 1.29 is 4.74 Å². The molecule has 0 saturated heterocycles. The van der Waals surface area contributed by atoms with Crippen LogP contribution in [-0.2, 0) is 6.54 Å². The van der Waals surface area contributed by atoms with Crippen LogP contribution < -0.4 is 10.1 Å². The first-order chi connectivity index (χ1) is 7.57. The van der Waals surface area contributed by atoms with E-state index in [1.54, 1.807) is 7.11 Å². The number of alkyl halides is 1. The minimum atomic E-state index is 0.170. The molecule has 0 aromatic heterocycles. The van der Waals surface area contributed by atoms with Crippen LogP contribution in [0.4, 0.5) is 0 Å². The molecule has 0 amide bonds. The Morgan fingerprint density at radius 3 is 2.38 bits per heavy atom. The summed E-state index contributed by atoms with van der Waals surface area (Å²) in [4.78, 5) is 0. The summed E-state index contributed by atoms with van der Waals surface area (Å²) in [6.45, 7) is 5.33. The minimum absolute atomic E-state index is 0.170. The molecule has 3 heteroatoms. The van der Waals surface area contributed by atoms with Gasteiger partial charge < -0.3 is 10.1 Å². The number of hydrogen-bond acceptors (Lipinski definition) is 2. The van der Waals surface area contributed by atoms with Crippen molar-refractivity contribution in [1.29, 1.82) is 0 Å². The number of halogens is 1. The topological polar surface area (TPSA) is 21.3 Å². The van der Waals surface area contributed by atoms with Crippen LogP contribution >= 0.6 is 15.9 Å². The molecule has 1 N–H and O–H groups in total. The fourth-order valence-electron chi connectivity index (χ4n) is 1.41. The molecule has 90 valence electrons. The number of rotatable bonds is 6. The highest BCUT2D eigenvalue weighted by atomic mass is 79.9. The number of ether oxygens (including phenoxy) is 1. The Morgan fingerprint density at radius 2 is 1.88 bits per heavy atom. The lowest BCUT2D eigenvalue weighted by molar-refractivity contribution is 0.377. The summed E-state index contributed by atoms with van der Waals surface area (Å²) in [6.07, 6.45) is 1.11. The van der Waals surface area contributed by atoms with E-state index in [2.05, 4.69) is 47.2 Å². The molecule has 0 saturated carbocycles. The summed E-state index contributed by atoms with van der Waals surface area (Å²) in [7, 11) is 1.69. The van der Waals surface area contributed by atoms with Crippen molar-refractivity contribution >= 4 is 15.9 Å². The highest BCUT2D eigenvalue weighted by molar-refractivity contribution is 9.09. The maximum absolute atomic E-state index is 5.13. The van der Waals surface area contributed by atoms with Crippen molar-refractivity contribution in [3.05, 3.63) is 29.8 Å². The van der Waals surface area contributed by atoms with Gasteiger partial charge in [-0.2, -0.15) is 0 Å². The highest BCUT2D eigenvalue weighted by Crippen LogP contribution is 2.14. The van der Waals surface area contributed by atoms with Crippen LogP contribution in [0.2, 0.25) is 0 Å². The number of benzene rings is 1. The van der Waals surface area contributed by atoms with Gasteiger partial charge in [-0.1, -0.05) is 28.1 Å². The average Bonchev–Trinajstić information content (AvgIpc) is 2.27. The molecule has 0 radical (unpaired) electrons. The maximum Gasteiger partial charge on any atom is 0.118 e. The van der Waals surface area contributed by atoms with E-state index < -0.39 is 0 Å². The molecule has 0 unspecified atom stereocenters. The zero-order valence-electron chi connectivity index (χ0n) is 10.2. The van der Waals surface area contributed by atoms with Gasteiger partial charge in [-0.25, -0.2) is 0 Å². The highest BCUT2D eigenvalue weighted by Gasteiger charge is 2.15. The van der Waals surface area contributed by atoms with Crippen LogP contribution in [0, 0.1) is 0 Å². The first kappa shape index (κ1) is 13.5. The molecule has 1 aromatic carbocycles. The predicted molar refractivity (Wildman–Crippen MR) is 72.3 cm³/mol. The van der Waals surface area contributed by atoms with Crippen LogP contribution in [0.15, 0.2) is 24.3 Å². The van der Waals surface area contributed by atoms with Gasteiger partial charge >= 0.3 is 0 Å². The number of methoxy groups -OCH3 is 1. The van der Waals surface area contributed by atoms with Crippen molar-refractivity contribution in [3.63, 3.8) is 0 Å². The van der Waals surface area contributed by atoms with Crippen molar-refractivity contribution in [2.45, 2.75) is 32.4 Å². The Hall–Kier alpha value is -0.540. The first-order valence-electron chi connectivity index (χ1n) is 5.51. The molecule has 0 aliphatic rings. The van der Waals surface area contributed by atoms with Gasteiger partial charge in [-0.15, -0.1) is 0 Å². The van der Waals surface area contributed by atoms with Gasteiger partial charge in [0.2, 0.25) is 0 Å². The van der Waals surface area contributed by atoms with Crippen LogP contribution in [-0.4, -0.2) is 18.0 Å². The van der Waals surface area contributed by atoms with Crippen LogP contribution in [0.1, 0.15) is 25.8 Å². The standard InChI is InChI=1S/C13H20BrNO/c1-13(2,8-9-14)15-10-11-4-6-12(16-3)7-5-11/h4-7,15H,8-10H2,1-3H3. The molecule has 0 bridgehead atoms. The molecule has 0 heterocycles. The molecule has 16 heavy (non-hydrogen) atoms. The fraction of sp³-hybridized carbons (Fsp3) is 0.538. The van der Waals surface area contributed by atoms with Crippen molar-refractivity contribution in [1.82, 2.24) is 5.32 Å². The Kier molecular flexibility index (Phi) is 5.29. The maximum atomic E-state index is 5.13. The Bertz CT molecular complexity index is 308. The fourth-order valence-corrected chi connectivity index (χ4v) is 2.40. The zero-order chi connectivity index (χ0) is 12.0. The van der Waals surface area contributed by atoms with Gasteiger partial charge in [-0.05, 0) is 38.0 Å². The van der Waals surface area contributed by atoms with E-state index in [0.717, 1.165) is 24.0 Å². The molecular formula is C13H20BrNO. The molecular weight excluding hydrogens is 266 g/mol. The van der Waals surface area contributed by atoms with Crippen molar-refractivity contribution in [2.24, 2.45) is 0 Å². The van der Waals surface area contributed by atoms with E-state index in [4.69, 9.17) is 4.74 Å². The molecule has 0 aliphatic heterocycles. The predicted octanol–water partition coefficient (Wildman–Crippen LogP) is 3.35. The normalized spacial score (nSPS) is 11.5.